The fourth-order valence-electron chi connectivity index (χ4n) is 3.00. The van der Waals surface area contributed by atoms with Crippen LogP contribution in [0.25, 0.3) is 0 Å². The van der Waals surface area contributed by atoms with Gasteiger partial charge in [-0.3, -0.25) is 9.59 Å². The van der Waals surface area contributed by atoms with Gasteiger partial charge in [-0.1, -0.05) is 6.92 Å². The van der Waals surface area contributed by atoms with Crippen molar-refractivity contribution in [2.24, 2.45) is 0 Å². The molecule has 6 heteroatoms. The summed E-state index contributed by atoms with van der Waals surface area (Å²) in [5, 5.41) is 3.26. The molecule has 0 aromatic carbocycles. The summed E-state index contributed by atoms with van der Waals surface area (Å²) in [7, 11) is 1.84. The average molecular weight is 314 g/mol. The maximum atomic E-state index is 12.7. The van der Waals surface area contributed by atoms with Crippen molar-refractivity contribution in [2.75, 3.05) is 20.1 Å². The number of nitrogens with zero attached hydrogens (tertiary/aromatic N) is 1. The number of carbonyl (C=O) groups is 2. The van der Waals surface area contributed by atoms with Gasteiger partial charge in [-0.2, -0.15) is 0 Å². The highest BCUT2D eigenvalue weighted by Gasteiger charge is 2.28. The fraction of sp³-hybridized carbons (Fsp3) is 0.600. The lowest BCUT2D eigenvalue weighted by molar-refractivity contribution is 0.0737. The van der Waals surface area contributed by atoms with Crippen molar-refractivity contribution < 1.29 is 9.59 Å². The Hall–Kier alpha value is -1.33. The zero-order chi connectivity index (χ0) is 14.9. The second-order valence-corrected chi connectivity index (χ2v) is 5.45. The van der Waals surface area contributed by atoms with E-state index in [9.17, 15) is 9.59 Å². The number of likely N-dealkylation sites (N-methyl/N-ethyl adjacent to an activating group) is 1. The number of hydrogen-bond donors (Lipinski definition) is 2. The molecule has 2 heterocycles. The van der Waals surface area contributed by atoms with E-state index in [2.05, 4.69) is 10.3 Å². The number of aromatic nitrogens is 1. The molecule has 21 heavy (non-hydrogen) atoms. The summed E-state index contributed by atoms with van der Waals surface area (Å²) < 4.78 is 0. The van der Waals surface area contributed by atoms with Gasteiger partial charge in [0.2, 0.25) is 0 Å². The molecule has 1 aromatic heterocycles. The highest BCUT2D eigenvalue weighted by Crippen LogP contribution is 2.22. The Morgan fingerprint density at radius 1 is 1.38 bits per heavy atom. The first kappa shape index (κ1) is 17.7. The number of hydrogen-bond acceptors (Lipinski definition) is 3. The molecule has 1 unspecified atom stereocenters. The van der Waals surface area contributed by atoms with Crippen molar-refractivity contribution in [1.29, 1.82) is 0 Å². The monoisotopic (exact) mass is 313 g/mol. The average Bonchev–Trinajstić information content (AvgIpc) is 3.03. The molecule has 0 spiro atoms. The Bertz CT molecular complexity index is 533. The fourth-order valence-corrected chi connectivity index (χ4v) is 3.00. The van der Waals surface area contributed by atoms with E-state index in [4.69, 9.17) is 0 Å². The Morgan fingerprint density at radius 2 is 2.05 bits per heavy atom. The van der Waals surface area contributed by atoms with Crippen LogP contribution in [0, 0.1) is 6.92 Å². The summed E-state index contributed by atoms with van der Waals surface area (Å²) in [4.78, 5) is 29.3. The molecule has 1 aromatic rings. The Labute approximate surface area is 131 Å². The maximum Gasteiger partial charge on any atom is 0.270 e. The highest BCUT2D eigenvalue weighted by molar-refractivity contribution is 6.02. The Morgan fingerprint density at radius 3 is 2.52 bits per heavy atom. The third kappa shape index (κ3) is 3.30. The van der Waals surface area contributed by atoms with E-state index < -0.39 is 0 Å². The summed E-state index contributed by atoms with van der Waals surface area (Å²) in [6.45, 7) is 7.16. The standard InChI is InChI=1S/C15H23N3O2.ClH/c1-5-12-13(10(3)19)9(2)17-14(12)15(20)18(4)11-6-7-16-8-11;/h11,16-17H,5-8H2,1-4H3;1H. The van der Waals surface area contributed by atoms with E-state index >= 15 is 0 Å². The molecule has 1 aliphatic rings. The van der Waals surface area contributed by atoms with Crippen LogP contribution in [-0.2, 0) is 6.42 Å². The van der Waals surface area contributed by atoms with E-state index in [-0.39, 0.29) is 30.1 Å². The Kier molecular flexibility index (Phi) is 5.98. The van der Waals surface area contributed by atoms with Gasteiger partial charge in [0.15, 0.2) is 5.78 Å². The van der Waals surface area contributed by atoms with Gasteiger partial charge >= 0.3 is 0 Å². The van der Waals surface area contributed by atoms with E-state index in [0.29, 0.717) is 17.7 Å². The van der Waals surface area contributed by atoms with Crippen LogP contribution in [0.3, 0.4) is 0 Å². The van der Waals surface area contributed by atoms with Crippen molar-refractivity contribution in [3.63, 3.8) is 0 Å². The predicted octanol–water partition coefficient (Wildman–Crippen LogP) is 1.94. The van der Waals surface area contributed by atoms with Gasteiger partial charge < -0.3 is 15.2 Å². The molecule has 118 valence electrons. The van der Waals surface area contributed by atoms with Crippen molar-refractivity contribution in [2.45, 2.75) is 39.7 Å². The number of ketones is 1. The van der Waals surface area contributed by atoms with Gasteiger partial charge in [0.25, 0.3) is 5.91 Å². The summed E-state index contributed by atoms with van der Waals surface area (Å²) in [5.41, 5.74) is 2.88. The Balaban J connectivity index is 0.00000220. The maximum absolute atomic E-state index is 12.7. The minimum atomic E-state index is -0.0221. The first-order valence-corrected chi connectivity index (χ1v) is 7.17. The van der Waals surface area contributed by atoms with Crippen molar-refractivity contribution in [1.82, 2.24) is 15.2 Å². The molecule has 1 amide bonds. The number of H-pyrrole nitrogens is 1. The first-order chi connectivity index (χ1) is 9.47. The third-order valence-corrected chi connectivity index (χ3v) is 4.11. The highest BCUT2D eigenvalue weighted by atomic mass is 35.5. The predicted molar refractivity (Wildman–Crippen MR) is 85.5 cm³/mol. The van der Waals surface area contributed by atoms with Crippen molar-refractivity contribution in [3.8, 4) is 0 Å². The number of amides is 1. The van der Waals surface area contributed by atoms with Gasteiger partial charge in [-0.25, -0.2) is 0 Å². The summed E-state index contributed by atoms with van der Waals surface area (Å²) >= 11 is 0. The van der Waals surface area contributed by atoms with Crippen LogP contribution < -0.4 is 5.32 Å². The van der Waals surface area contributed by atoms with E-state index in [1.165, 1.54) is 0 Å². The van der Waals surface area contributed by atoms with Gasteiger partial charge in [0.05, 0.1) is 0 Å². The minimum Gasteiger partial charge on any atom is -0.354 e. The van der Waals surface area contributed by atoms with Gasteiger partial charge in [-0.15, -0.1) is 12.4 Å². The molecule has 1 saturated heterocycles. The van der Waals surface area contributed by atoms with Crippen LogP contribution in [0.2, 0.25) is 0 Å². The van der Waals surface area contributed by atoms with Crippen LogP contribution >= 0.6 is 12.4 Å². The van der Waals surface area contributed by atoms with E-state index in [0.717, 1.165) is 30.8 Å². The molecule has 1 fully saturated rings. The van der Waals surface area contributed by atoms with Crippen molar-refractivity contribution in [3.05, 3.63) is 22.5 Å². The molecule has 1 aliphatic heterocycles. The third-order valence-electron chi connectivity index (χ3n) is 4.11. The number of nitrogens with one attached hydrogen (secondary N) is 2. The largest absolute Gasteiger partial charge is 0.354 e. The zero-order valence-electron chi connectivity index (χ0n) is 13.1. The number of carbonyl (C=O) groups excluding carboxylic acids is 2. The summed E-state index contributed by atoms with van der Waals surface area (Å²) in [6.07, 6.45) is 1.65. The quantitative estimate of drug-likeness (QED) is 0.835. The molecular formula is C15H24ClN3O2. The molecule has 2 rings (SSSR count). The normalized spacial score (nSPS) is 17.4. The molecule has 0 saturated carbocycles. The van der Waals surface area contributed by atoms with Crippen LogP contribution in [0.4, 0.5) is 0 Å². The second-order valence-electron chi connectivity index (χ2n) is 5.45. The lowest BCUT2D eigenvalue weighted by atomic mass is 10.0. The van der Waals surface area contributed by atoms with Crippen LogP contribution in [-0.4, -0.2) is 47.8 Å². The minimum absolute atomic E-state index is 0. The summed E-state index contributed by atoms with van der Waals surface area (Å²) in [6, 6.07) is 0.233. The molecule has 2 N–H and O–H groups in total. The van der Waals surface area contributed by atoms with Gasteiger partial charge in [0, 0.05) is 30.9 Å². The lowest BCUT2D eigenvalue weighted by Crippen LogP contribution is -2.38. The summed E-state index contributed by atoms with van der Waals surface area (Å²) in [5.74, 6) is -0.00835. The number of Topliss-reactive ketones (excluding diaryl/α,β-unsaturated/α-hetero) is 1. The first-order valence-electron chi connectivity index (χ1n) is 7.17. The molecule has 0 aliphatic carbocycles. The molecule has 5 nitrogen and oxygen atoms in total. The number of aromatic amines is 1. The molecule has 1 atom stereocenters. The lowest BCUT2D eigenvalue weighted by Gasteiger charge is -2.23. The van der Waals surface area contributed by atoms with Crippen LogP contribution in [0.15, 0.2) is 0 Å². The second kappa shape index (κ2) is 7.09. The van der Waals surface area contributed by atoms with E-state index in [1.807, 2.05) is 20.9 Å². The van der Waals surface area contributed by atoms with Crippen molar-refractivity contribution >= 4 is 24.1 Å². The molecular weight excluding hydrogens is 290 g/mol. The van der Waals surface area contributed by atoms with Crippen LogP contribution in [0.1, 0.15) is 52.4 Å². The zero-order valence-corrected chi connectivity index (χ0v) is 13.9. The smallest absolute Gasteiger partial charge is 0.270 e. The number of aryl methyl sites for hydroxylation is 1. The topological polar surface area (TPSA) is 65.2 Å². The molecule has 0 radical (unpaired) electrons. The van der Waals surface area contributed by atoms with Gasteiger partial charge in [0.1, 0.15) is 5.69 Å². The van der Waals surface area contributed by atoms with Gasteiger partial charge in [-0.05, 0) is 38.8 Å². The number of rotatable bonds is 4. The van der Waals surface area contributed by atoms with E-state index in [1.54, 1.807) is 11.8 Å². The SMILES string of the molecule is CCc1c(C(=O)N(C)C2CCNC2)[nH]c(C)c1C(C)=O.Cl. The molecule has 0 bridgehead atoms. The van der Waals surface area contributed by atoms with Crippen LogP contribution in [0.5, 0.6) is 0 Å². The number of halogens is 1.